The average Bonchev–Trinajstić information content (AvgIpc) is 2.25. The van der Waals surface area contributed by atoms with Crippen LogP contribution in [0.2, 0.25) is 0 Å². The van der Waals surface area contributed by atoms with Crippen molar-refractivity contribution in [2.45, 2.75) is 32.4 Å². The predicted octanol–water partition coefficient (Wildman–Crippen LogP) is 2.41. The lowest BCUT2D eigenvalue weighted by Crippen LogP contribution is -2.26. The van der Waals surface area contributed by atoms with E-state index in [1.54, 1.807) is 6.07 Å². The molecule has 0 aliphatic rings. The molecule has 90 valence electrons. The van der Waals surface area contributed by atoms with Crippen molar-refractivity contribution in [1.82, 2.24) is 5.32 Å². The molecule has 0 spiro atoms. The predicted molar refractivity (Wildman–Crippen MR) is 68.4 cm³/mol. The van der Waals surface area contributed by atoms with Gasteiger partial charge in [-0.3, -0.25) is 0 Å². The lowest BCUT2D eigenvalue weighted by atomic mass is 10.2. The zero-order valence-corrected chi connectivity index (χ0v) is 11.0. The first-order chi connectivity index (χ1) is 7.65. The third-order valence-electron chi connectivity index (χ3n) is 2.39. The standard InChI is InChI=1S/C12H18BrNO2/c1-2-4-10(15)8-14-7-9-5-3-6-11(13)12(9)16/h3,5-6,10,14-16H,2,4,7-8H2,1H3. The number of phenols is 1. The number of phenolic OH excluding ortho intramolecular Hbond substituents is 1. The van der Waals surface area contributed by atoms with E-state index in [1.165, 1.54) is 0 Å². The van der Waals surface area contributed by atoms with E-state index in [2.05, 4.69) is 21.2 Å². The fourth-order valence-electron chi connectivity index (χ4n) is 1.51. The first-order valence-corrected chi connectivity index (χ1v) is 6.29. The largest absolute Gasteiger partial charge is 0.506 e. The molecular weight excluding hydrogens is 270 g/mol. The molecule has 1 unspecified atom stereocenters. The van der Waals surface area contributed by atoms with Crippen LogP contribution in [-0.2, 0) is 6.54 Å². The first kappa shape index (κ1) is 13.5. The van der Waals surface area contributed by atoms with E-state index < -0.39 is 0 Å². The Hall–Kier alpha value is -0.580. The minimum absolute atomic E-state index is 0.264. The molecule has 0 fully saturated rings. The van der Waals surface area contributed by atoms with Gasteiger partial charge in [-0.15, -0.1) is 0 Å². The van der Waals surface area contributed by atoms with Crippen molar-refractivity contribution in [1.29, 1.82) is 0 Å². The van der Waals surface area contributed by atoms with Gasteiger partial charge in [-0.2, -0.15) is 0 Å². The second-order valence-corrected chi connectivity index (χ2v) is 4.68. The molecule has 1 aromatic rings. The molecule has 4 heteroatoms. The Balaban J connectivity index is 2.40. The first-order valence-electron chi connectivity index (χ1n) is 5.50. The van der Waals surface area contributed by atoms with Gasteiger partial charge in [0.2, 0.25) is 0 Å². The van der Waals surface area contributed by atoms with E-state index in [0.717, 1.165) is 18.4 Å². The van der Waals surface area contributed by atoms with Crippen molar-refractivity contribution in [2.75, 3.05) is 6.54 Å². The van der Waals surface area contributed by atoms with Crippen LogP contribution in [0.15, 0.2) is 22.7 Å². The summed E-state index contributed by atoms with van der Waals surface area (Å²) in [4.78, 5) is 0. The van der Waals surface area contributed by atoms with Crippen molar-refractivity contribution < 1.29 is 10.2 Å². The number of hydrogen-bond acceptors (Lipinski definition) is 3. The normalized spacial score (nSPS) is 12.7. The highest BCUT2D eigenvalue weighted by Gasteiger charge is 2.05. The molecule has 0 radical (unpaired) electrons. The van der Waals surface area contributed by atoms with Crippen molar-refractivity contribution >= 4 is 15.9 Å². The molecule has 3 nitrogen and oxygen atoms in total. The summed E-state index contributed by atoms with van der Waals surface area (Å²) in [7, 11) is 0. The summed E-state index contributed by atoms with van der Waals surface area (Å²) in [5.74, 6) is 0.264. The quantitative estimate of drug-likeness (QED) is 0.753. The van der Waals surface area contributed by atoms with Gasteiger partial charge in [0.25, 0.3) is 0 Å². The molecule has 0 heterocycles. The SMILES string of the molecule is CCCC(O)CNCc1cccc(Br)c1O. The number of aromatic hydroxyl groups is 1. The second kappa shape index (κ2) is 6.89. The van der Waals surface area contributed by atoms with Gasteiger partial charge in [-0.1, -0.05) is 25.5 Å². The fraction of sp³-hybridized carbons (Fsp3) is 0.500. The van der Waals surface area contributed by atoms with Gasteiger partial charge in [0.1, 0.15) is 5.75 Å². The van der Waals surface area contributed by atoms with Crippen LogP contribution in [0.25, 0.3) is 0 Å². The summed E-state index contributed by atoms with van der Waals surface area (Å²) in [6.07, 6.45) is 1.47. The van der Waals surface area contributed by atoms with E-state index in [-0.39, 0.29) is 11.9 Å². The van der Waals surface area contributed by atoms with E-state index >= 15 is 0 Å². The number of halogens is 1. The Morgan fingerprint density at radius 3 is 2.88 bits per heavy atom. The molecule has 0 aliphatic heterocycles. The molecule has 0 amide bonds. The highest BCUT2D eigenvalue weighted by molar-refractivity contribution is 9.10. The maximum absolute atomic E-state index is 9.72. The van der Waals surface area contributed by atoms with Crippen LogP contribution in [0.5, 0.6) is 5.75 Å². The molecule has 3 N–H and O–H groups in total. The van der Waals surface area contributed by atoms with Crippen LogP contribution in [0, 0.1) is 0 Å². The molecule has 0 aromatic heterocycles. The molecular formula is C12H18BrNO2. The number of nitrogens with one attached hydrogen (secondary N) is 1. The van der Waals surface area contributed by atoms with E-state index in [0.29, 0.717) is 17.6 Å². The average molecular weight is 288 g/mol. The molecule has 1 aromatic carbocycles. The second-order valence-electron chi connectivity index (χ2n) is 3.82. The highest BCUT2D eigenvalue weighted by atomic mass is 79.9. The molecule has 0 saturated heterocycles. The number of aliphatic hydroxyl groups is 1. The zero-order chi connectivity index (χ0) is 12.0. The van der Waals surface area contributed by atoms with E-state index in [9.17, 15) is 10.2 Å². The number of rotatable bonds is 6. The summed E-state index contributed by atoms with van der Waals surface area (Å²) in [5.41, 5.74) is 0.832. The Morgan fingerprint density at radius 1 is 1.44 bits per heavy atom. The topological polar surface area (TPSA) is 52.5 Å². The minimum Gasteiger partial charge on any atom is -0.506 e. The van der Waals surface area contributed by atoms with Crippen LogP contribution in [0.1, 0.15) is 25.3 Å². The Morgan fingerprint density at radius 2 is 2.19 bits per heavy atom. The van der Waals surface area contributed by atoms with Crippen LogP contribution in [0.3, 0.4) is 0 Å². The zero-order valence-electron chi connectivity index (χ0n) is 9.41. The lowest BCUT2D eigenvalue weighted by Gasteiger charge is -2.11. The summed E-state index contributed by atoms with van der Waals surface area (Å²) < 4.78 is 0.695. The van der Waals surface area contributed by atoms with Crippen LogP contribution in [0.4, 0.5) is 0 Å². The van der Waals surface area contributed by atoms with Gasteiger partial charge in [0.15, 0.2) is 0 Å². The van der Waals surface area contributed by atoms with Crippen molar-refractivity contribution in [3.05, 3.63) is 28.2 Å². The maximum atomic E-state index is 9.72. The van der Waals surface area contributed by atoms with Crippen molar-refractivity contribution in [3.8, 4) is 5.75 Å². The smallest absolute Gasteiger partial charge is 0.134 e. The van der Waals surface area contributed by atoms with Gasteiger partial charge < -0.3 is 15.5 Å². The third kappa shape index (κ3) is 4.12. The summed E-state index contributed by atoms with van der Waals surface area (Å²) in [6.45, 7) is 3.16. The Bertz CT molecular complexity index is 331. The third-order valence-corrected chi connectivity index (χ3v) is 3.03. The molecule has 0 saturated carbocycles. The van der Waals surface area contributed by atoms with Gasteiger partial charge in [0, 0.05) is 18.7 Å². The number of hydrogen-bond donors (Lipinski definition) is 3. The van der Waals surface area contributed by atoms with Crippen molar-refractivity contribution in [2.24, 2.45) is 0 Å². The maximum Gasteiger partial charge on any atom is 0.134 e. The Kier molecular flexibility index (Phi) is 5.80. The number of para-hydroxylation sites is 1. The fourth-order valence-corrected chi connectivity index (χ4v) is 1.92. The van der Waals surface area contributed by atoms with Gasteiger partial charge in [-0.05, 0) is 28.4 Å². The molecule has 1 rings (SSSR count). The number of benzene rings is 1. The summed E-state index contributed by atoms with van der Waals surface area (Å²) >= 11 is 3.26. The molecule has 16 heavy (non-hydrogen) atoms. The van der Waals surface area contributed by atoms with E-state index in [1.807, 2.05) is 19.1 Å². The van der Waals surface area contributed by atoms with Gasteiger partial charge in [-0.25, -0.2) is 0 Å². The van der Waals surface area contributed by atoms with Crippen molar-refractivity contribution in [3.63, 3.8) is 0 Å². The summed E-state index contributed by atoms with van der Waals surface area (Å²) in [5, 5.41) is 22.4. The Labute approximate surface area is 105 Å². The van der Waals surface area contributed by atoms with Crippen LogP contribution < -0.4 is 5.32 Å². The monoisotopic (exact) mass is 287 g/mol. The van der Waals surface area contributed by atoms with E-state index in [4.69, 9.17) is 0 Å². The lowest BCUT2D eigenvalue weighted by molar-refractivity contribution is 0.160. The van der Waals surface area contributed by atoms with Gasteiger partial charge >= 0.3 is 0 Å². The highest BCUT2D eigenvalue weighted by Crippen LogP contribution is 2.27. The van der Waals surface area contributed by atoms with Crippen LogP contribution >= 0.6 is 15.9 Å². The molecule has 0 aliphatic carbocycles. The molecule has 0 bridgehead atoms. The minimum atomic E-state index is -0.306. The molecule has 1 atom stereocenters. The van der Waals surface area contributed by atoms with Crippen LogP contribution in [-0.4, -0.2) is 22.9 Å². The van der Waals surface area contributed by atoms with Gasteiger partial charge in [0.05, 0.1) is 10.6 Å². The summed E-state index contributed by atoms with van der Waals surface area (Å²) in [6, 6.07) is 5.54. The number of aliphatic hydroxyl groups excluding tert-OH is 1.